The quantitative estimate of drug-likeness (QED) is 0.758. The van der Waals surface area contributed by atoms with Crippen molar-refractivity contribution in [2.24, 2.45) is 0 Å². The summed E-state index contributed by atoms with van der Waals surface area (Å²) in [6.07, 6.45) is 1.65. The molecule has 0 spiro atoms. The first kappa shape index (κ1) is 19.1. The number of nitrogens with one attached hydrogen (secondary N) is 1. The predicted octanol–water partition coefficient (Wildman–Crippen LogP) is 1.47. The van der Waals surface area contributed by atoms with E-state index in [1.54, 1.807) is 25.1 Å². The van der Waals surface area contributed by atoms with Crippen molar-refractivity contribution in [1.82, 2.24) is 4.31 Å². The summed E-state index contributed by atoms with van der Waals surface area (Å²) in [6.45, 7) is 3.26. The van der Waals surface area contributed by atoms with E-state index in [1.807, 2.05) is 6.92 Å². The number of nitrogens with zero attached hydrogens (tertiary/aromatic N) is 1. The van der Waals surface area contributed by atoms with Crippen LogP contribution in [0, 0.1) is 0 Å². The maximum absolute atomic E-state index is 12.2. The van der Waals surface area contributed by atoms with E-state index < -0.39 is 21.9 Å². The van der Waals surface area contributed by atoms with E-state index >= 15 is 0 Å². The molecule has 0 aliphatic carbocycles. The van der Waals surface area contributed by atoms with Crippen LogP contribution in [0.2, 0.25) is 0 Å². The average Bonchev–Trinajstić information content (AvgIpc) is 2.50. The third-order valence-electron chi connectivity index (χ3n) is 3.41. The van der Waals surface area contributed by atoms with Gasteiger partial charge in [0.1, 0.15) is 0 Å². The van der Waals surface area contributed by atoms with Crippen LogP contribution in [0.25, 0.3) is 0 Å². The third-order valence-corrected chi connectivity index (χ3v) is 4.76. The van der Waals surface area contributed by atoms with Crippen molar-refractivity contribution in [3.8, 4) is 0 Å². The maximum atomic E-state index is 12.2. The Kier molecular flexibility index (Phi) is 6.71. The van der Waals surface area contributed by atoms with Gasteiger partial charge in [0, 0.05) is 6.04 Å². The molecule has 0 heterocycles. The molecule has 7 nitrogen and oxygen atoms in total. The number of esters is 1. The van der Waals surface area contributed by atoms with Gasteiger partial charge in [0.05, 0.1) is 31.2 Å². The third kappa shape index (κ3) is 5.33. The second kappa shape index (κ2) is 8.07. The highest BCUT2D eigenvalue weighted by Gasteiger charge is 2.25. The van der Waals surface area contributed by atoms with Crippen molar-refractivity contribution in [2.45, 2.75) is 26.3 Å². The minimum Gasteiger partial charge on any atom is -0.465 e. The van der Waals surface area contributed by atoms with Crippen LogP contribution in [0.3, 0.4) is 0 Å². The molecule has 0 bridgehead atoms. The summed E-state index contributed by atoms with van der Waals surface area (Å²) < 4.78 is 29.4. The largest absolute Gasteiger partial charge is 0.465 e. The van der Waals surface area contributed by atoms with Gasteiger partial charge in [0.2, 0.25) is 15.9 Å². The standard InChI is InChI=1S/C15H22N2O5S/c1-5-11(2)17(23(4,20)21)10-14(18)16-13-9-7-6-8-12(13)15(19)22-3/h6-9,11H,5,10H2,1-4H3,(H,16,18). The van der Waals surface area contributed by atoms with Crippen molar-refractivity contribution in [1.29, 1.82) is 0 Å². The lowest BCUT2D eigenvalue weighted by atomic mass is 10.2. The van der Waals surface area contributed by atoms with Crippen molar-refractivity contribution < 1.29 is 22.7 Å². The Morgan fingerprint density at radius 3 is 2.43 bits per heavy atom. The van der Waals surface area contributed by atoms with Crippen LogP contribution >= 0.6 is 0 Å². The molecule has 1 unspecified atom stereocenters. The molecule has 128 valence electrons. The first-order valence-corrected chi connectivity index (χ1v) is 8.99. The molecule has 8 heteroatoms. The second-order valence-corrected chi connectivity index (χ2v) is 7.09. The van der Waals surface area contributed by atoms with E-state index in [0.717, 1.165) is 10.6 Å². The van der Waals surface area contributed by atoms with Crippen molar-refractivity contribution in [2.75, 3.05) is 25.2 Å². The minimum absolute atomic E-state index is 0.206. The Hall–Kier alpha value is -1.93. The van der Waals surface area contributed by atoms with Gasteiger partial charge in [-0.05, 0) is 25.5 Å². The number of methoxy groups -OCH3 is 1. The number of sulfonamides is 1. The summed E-state index contributed by atoms with van der Waals surface area (Å²) >= 11 is 0. The Morgan fingerprint density at radius 1 is 1.30 bits per heavy atom. The van der Waals surface area contributed by atoms with E-state index in [2.05, 4.69) is 10.1 Å². The topological polar surface area (TPSA) is 92.8 Å². The number of para-hydroxylation sites is 1. The van der Waals surface area contributed by atoms with E-state index in [4.69, 9.17) is 0 Å². The Bertz CT molecular complexity index is 672. The Balaban J connectivity index is 2.94. The van der Waals surface area contributed by atoms with Gasteiger partial charge in [-0.1, -0.05) is 19.1 Å². The fraction of sp³-hybridized carbons (Fsp3) is 0.467. The summed E-state index contributed by atoms with van der Waals surface area (Å²) in [5.74, 6) is -1.10. The maximum Gasteiger partial charge on any atom is 0.339 e. The van der Waals surface area contributed by atoms with Crippen LogP contribution < -0.4 is 5.32 Å². The van der Waals surface area contributed by atoms with Crippen molar-refractivity contribution >= 4 is 27.6 Å². The zero-order valence-electron chi connectivity index (χ0n) is 13.7. The predicted molar refractivity (Wildman–Crippen MR) is 87.7 cm³/mol. The summed E-state index contributed by atoms with van der Waals surface area (Å²) in [7, 11) is -2.27. The molecule has 0 saturated carbocycles. The van der Waals surface area contributed by atoms with Crippen LogP contribution in [-0.4, -0.2) is 50.6 Å². The lowest BCUT2D eigenvalue weighted by Crippen LogP contribution is -2.42. The number of rotatable bonds is 7. The van der Waals surface area contributed by atoms with Gasteiger partial charge in [-0.3, -0.25) is 4.79 Å². The van der Waals surface area contributed by atoms with Gasteiger partial charge in [-0.25, -0.2) is 13.2 Å². The smallest absolute Gasteiger partial charge is 0.339 e. The molecule has 1 rings (SSSR count). The molecule has 1 amide bonds. The molecular weight excluding hydrogens is 320 g/mol. The summed E-state index contributed by atoms with van der Waals surface area (Å²) in [5.41, 5.74) is 0.486. The average molecular weight is 342 g/mol. The number of hydrogen-bond acceptors (Lipinski definition) is 5. The zero-order chi connectivity index (χ0) is 17.6. The van der Waals surface area contributed by atoms with Crippen molar-refractivity contribution in [3.63, 3.8) is 0 Å². The molecule has 1 aromatic rings. The van der Waals surface area contributed by atoms with Crippen LogP contribution in [0.15, 0.2) is 24.3 Å². The van der Waals surface area contributed by atoms with Gasteiger partial charge >= 0.3 is 5.97 Å². The fourth-order valence-electron chi connectivity index (χ4n) is 2.01. The minimum atomic E-state index is -3.51. The van der Waals surface area contributed by atoms with E-state index in [9.17, 15) is 18.0 Å². The van der Waals surface area contributed by atoms with Gasteiger partial charge < -0.3 is 10.1 Å². The van der Waals surface area contributed by atoms with Crippen LogP contribution in [0.5, 0.6) is 0 Å². The number of carbonyl (C=O) groups excluding carboxylic acids is 2. The lowest BCUT2D eigenvalue weighted by Gasteiger charge is -2.25. The Morgan fingerprint density at radius 2 is 1.91 bits per heavy atom. The molecule has 0 aliphatic rings. The highest BCUT2D eigenvalue weighted by Crippen LogP contribution is 2.16. The number of ether oxygens (including phenoxy) is 1. The number of benzene rings is 1. The molecule has 1 N–H and O–H groups in total. The molecule has 0 radical (unpaired) electrons. The molecule has 1 aromatic carbocycles. The summed E-state index contributed by atoms with van der Waals surface area (Å²) in [4.78, 5) is 23.9. The molecule has 0 aliphatic heterocycles. The molecular formula is C15H22N2O5S. The number of anilines is 1. The summed E-state index contributed by atoms with van der Waals surface area (Å²) in [6, 6.07) is 6.07. The van der Waals surface area contributed by atoms with Crippen molar-refractivity contribution in [3.05, 3.63) is 29.8 Å². The molecule has 0 saturated heterocycles. The second-order valence-electron chi connectivity index (χ2n) is 5.15. The highest BCUT2D eigenvalue weighted by atomic mass is 32.2. The van der Waals surface area contributed by atoms with Gasteiger partial charge in [-0.2, -0.15) is 4.31 Å². The summed E-state index contributed by atoms with van der Waals surface area (Å²) in [5, 5.41) is 2.56. The van der Waals surface area contributed by atoms with Gasteiger partial charge in [0.15, 0.2) is 0 Å². The molecule has 0 aromatic heterocycles. The molecule has 1 atom stereocenters. The van der Waals surface area contributed by atoms with Gasteiger partial charge in [0.25, 0.3) is 0 Å². The van der Waals surface area contributed by atoms with Gasteiger partial charge in [-0.15, -0.1) is 0 Å². The van der Waals surface area contributed by atoms with Crippen LogP contribution in [-0.2, 0) is 19.6 Å². The molecule has 23 heavy (non-hydrogen) atoms. The van der Waals surface area contributed by atoms with Crippen LogP contribution in [0.4, 0.5) is 5.69 Å². The number of amides is 1. The van der Waals surface area contributed by atoms with E-state index in [0.29, 0.717) is 6.42 Å². The van der Waals surface area contributed by atoms with E-state index in [1.165, 1.54) is 13.2 Å². The lowest BCUT2D eigenvalue weighted by molar-refractivity contribution is -0.116. The fourth-order valence-corrected chi connectivity index (χ4v) is 3.17. The number of hydrogen-bond donors (Lipinski definition) is 1. The monoisotopic (exact) mass is 342 g/mol. The van der Waals surface area contributed by atoms with Crippen LogP contribution in [0.1, 0.15) is 30.6 Å². The Labute approximate surface area is 136 Å². The number of carbonyl (C=O) groups is 2. The first-order valence-electron chi connectivity index (χ1n) is 7.14. The normalized spacial score (nSPS) is 12.7. The zero-order valence-corrected chi connectivity index (χ0v) is 14.5. The highest BCUT2D eigenvalue weighted by molar-refractivity contribution is 7.88. The first-order chi connectivity index (χ1) is 10.7. The molecule has 0 fully saturated rings. The van der Waals surface area contributed by atoms with E-state index in [-0.39, 0.29) is 23.8 Å². The SMILES string of the molecule is CCC(C)N(CC(=O)Nc1ccccc1C(=O)OC)S(C)(=O)=O.